The highest BCUT2D eigenvalue weighted by Gasteiger charge is 2.21. The number of pyridine rings is 1. The highest BCUT2D eigenvalue weighted by atomic mass is 16.1. The van der Waals surface area contributed by atoms with E-state index in [1.54, 1.807) is 0 Å². The van der Waals surface area contributed by atoms with Crippen LogP contribution in [-0.4, -0.2) is 72.4 Å². The molecule has 2 rings (SSSR count). The molecule has 22 heavy (non-hydrogen) atoms. The Labute approximate surface area is 133 Å². The molecule has 1 saturated heterocycles. The summed E-state index contributed by atoms with van der Waals surface area (Å²) in [5.74, 6) is 0. The number of rotatable bonds is 8. The first-order valence-corrected chi connectivity index (χ1v) is 8.17. The summed E-state index contributed by atoms with van der Waals surface area (Å²) in [4.78, 5) is 22.3. The van der Waals surface area contributed by atoms with Gasteiger partial charge in [0.2, 0.25) is 6.41 Å². The maximum absolute atomic E-state index is 11.3. The minimum absolute atomic E-state index is 0.426. The van der Waals surface area contributed by atoms with Gasteiger partial charge in [-0.1, -0.05) is 6.07 Å². The molecule has 0 spiro atoms. The van der Waals surface area contributed by atoms with Crippen LogP contribution in [0.25, 0.3) is 0 Å². The van der Waals surface area contributed by atoms with Gasteiger partial charge >= 0.3 is 0 Å². The molecule has 0 atom stereocenters. The average Bonchev–Trinajstić information content (AvgIpc) is 2.54. The summed E-state index contributed by atoms with van der Waals surface area (Å²) in [6, 6.07) is 6.43. The maximum atomic E-state index is 11.3. The molecule has 1 aromatic rings. The number of carbonyl (C=O) groups excluding carboxylic acids is 1. The summed E-state index contributed by atoms with van der Waals surface area (Å²) in [7, 11) is 4.25. The van der Waals surface area contributed by atoms with Crippen molar-refractivity contribution in [2.45, 2.75) is 31.8 Å². The lowest BCUT2D eigenvalue weighted by Crippen LogP contribution is -2.43. The molecule has 1 aliphatic rings. The summed E-state index contributed by atoms with van der Waals surface area (Å²) >= 11 is 0. The van der Waals surface area contributed by atoms with Crippen molar-refractivity contribution in [2.24, 2.45) is 0 Å². The highest BCUT2D eigenvalue weighted by molar-refractivity contribution is 5.47. The molecule has 122 valence electrons. The standard InChI is InChI=1S/C17H28N4O/c1-19-12-7-17(8-13-19)21(15-22)11-5-10-20(2)14-16-6-3-4-9-18-16/h3-4,6,9,15,17H,5,7-8,10-14H2,1-2H3. The number of hydrogen-bond acceptors (Lipinski definition) is 4. The number of likely N-dealkylation sites (tertiary alicyclic amines) is 1. The largest absolute Gasteiger partial charge is 0.342 e. The highest BCUT2D eigenvalue weighted by Crippen LogP contribution is 2.14. The van der Waals surface area contributed by atoms with Crippen LogP contribution in [0.3, 0.4) is 0 Å². The molecule has 1 aliphatic heterocycles. The average molecular weight is 304 g/mol. The van der Waals surface area contributed by atoms with Crippen LogP contribution in [0.1, 0.15) is 25.0 Å². The van der Waals surface area contributed by atoms with Crippen molar-refractivity contribution in [2.75, 3.05) is 40.3 Å². The molecule has 2 heterocycles. The third-order valence-corrected chi connectivity index (χ3v) is 4.41. The Bertz CT molecular complexity index is 432. The van der Waals surface area contributed by atoms with Crippen LogP contribution in [0.2, 0.25) is 0 Å². The van der Waals surface area contributed by atoms with E-state index in [-0.39, 0.29) is 0 Å². The zero-order chi connectivity index (χ0) is 15.8. The lowest BCUT2D eigenvalue weighted by Gasteiger charge is -2.35. The lowest BCUT2D eigenvalue weighted by atomic mass is 10.0. The Kier molecular flexibility index (Phi) is 6.80. The molecule has 1 fully saturated rings. The molecule has 1 amide bonds. The summed E-state index contributed by atoms with van der Waals surface area (Å²) in [6.45, 7) is 4.87. The number of carbonyl (C=O) groups is 1. The molecular weight excluding hydrogens is 276 g/mol. The van der Waals surface area contributed by atoms with E-state index >= 15 is 0 Å². The zero-order valence-corrected chi connectivity index (χ0v) is 13.8. The van der Waals surface area contributed by atoms with Gasteiger partial charge in [0.15, 0.2) is 0 Å². The second kappa shape index (κ2) is 8.86. The van der Waals surface area contributed by atoms with Crippen molar-refractivity contribution in [1.29, 1.82) is 0 Å². The summed E-state index contributed by atoms with van der Waals surface area (Å²) in [5, 5.41) is 0. The topological polar surface area (TPSA) is 39.7 Å². The van der Waals surface area contributed by atoms with Crippen LogP contribution in [-0.2, 0) is 11.3 Å². The minimum Gasteiger partial charge on any atom is -0.342 e. The molecule has 0 radical (unpaired) electrons. The van der Waals surface area contributed by atoms with E-state index in [4.69, 9.17) is 0 Å². The molecule has 1 aromatic heterocycles. The smallest absolute Gasteiger partial charge is 0.209 e. The summed E-state index contributed by atoms with van der Waals surface area (Å²) in [6.07, 6.45) is 6.07. The number of aromatic nitrogens is 1. The molecule has 0 unspecified atom stereocenters. The van der Waals surface area contributed by atoms with Crippen molar-refractivity contribution in [3.05, 3.63) is 30.1 Å². The van der Waals surface area contributed by atoms with Gasteiger partial charge in [0.05, 0.1) is 5.69 Å². The first-order valence-electron chi connectivity index (χ1n) is 8.17. The monoisotopic (exact) mass is 304 g/mol. The van der Waals surface area contributed by atoms with Crippen LogP contribution in [0, 0.1) is 0 Å². The Morgan fingerprint density at radius 1 is 1.32 bits per heavy atom. The Morgan fingerprint density at radius 2 is 2.09 bits per heavy atom. The first kappa shape index (κ1) is 16.9. The van der Waals surface area contributed by atoms with E-state index in [2.05, 4.69) is 28.9 Å². The Hall–Kier alpha value is -1.46. The molecule has 0 bridgehead atoms. The summed E-state index contributed by atoms with van der Waals surface area (Å²) < 4.78 is 0. The van der Waals surface area contributed by atoms with E-state index in [1.165, 1.54) is 0 Å². The van der Waals surface area contributed by atoms with Gasteiger partial charge in [-0.3, -0.25) is 9.78 Å². The van der Waals surface area contributed by atoms with Crippen LogP contribution in [0.5, 0.6) is 0 Å². The van der Waals surface area contributed by atoms with E-state index in [1.807, 2.05) is 29.3 Å². The number of hydrogen-bond donors (Lipinski definition) is 0. The van der Waals surface area contributed by atoms with Gasteiger partial charge in [-0.15, -0.1) is 0 Å². The van der Waals surface area contributed by atoms with Crippen molar-refractivity contribution in [1.82, 2.24) is 19.7 Å². The van der Waals surface area contributed by atoms with Crippen molar-refractivity contribution < 1.29 is 4.79 Å². The lowest BCUT2D eigenvalue weighted by molar-refractivity contribution is -0.121. The molecule has 0 aliphatic carbocycles. The first-order chi connectivity index (χ1) is 10.7. The molecule has 0 N–H and O–H groups in total. The number of piperidine rings is 1. The Balaban J connectivity index is 1.68. The van der Waals surface area contributed by atoms with Crippen molar-refractivity contribution >= 4 is 6.41 Å². The van der Waals surface area contributed by atoms with E-state index in [0.29, 0.717) is 6.04 Å². The predicted molar refractivity (Wildman–Crippen MR) is 88.5 cm³/mol. The van der Waals surface area contributed by atoms with Crippen molar-refractivity contribution in [3.63, 3.8) is 0 Å². The Morgan fingerprint density at radius 3 is 2.73 bits per heavy atom. The van der Waals surface area contributed by atoms with Crippen LogP contribution in [0.15, 0.2) is 24.4 Å². The van der Waals surface area contributed by atoms with Gasteiger partial charge in [0.25, 0.3) is 0 Å². The fraction of sp³-hybridized carbons (Fsp3) is 0.647. The van der Waals surface area contributed by atoms with Gasteiger partial charge in [-0.05, 0) is 65.1 Å². The van der Waals surface area contributed by atoms with Crippen LogP contribution >= 0.6 is 0 Å². The van der Waals surface area contributed by atoms with Crippen LogP contribution < -0.4 is 0 Å². The predicted octanol–water partition coefficient (Wildman–Crippen LogP) is 1.46. The fourth-order valence-electron chi connectivity index (χ4n) is 3.02. The van der Waals surface area contributed by atoms with E-state index < -0.39 is 0 Å². The van der Waals surface area contributed by atoms with Gasteiger partial charge in [-0.25, -0.2) is 0 Å². The summed E-state index contributed by atoms with van der Waals surface area (Å²) in [5.41, 5.74) is 1.09. The molecule has 5 nitrogen and oxygen atoms in total. The van der Waals surface area contributed by atoms with Gasteiger partial charge in [0.1, 0.15) is 0 Å². The molecule has 5 heteroatoms. The maximum Gasteiger partial charge on any atom is 0.209 e. The normalized spacial score (nSPS) is 16.9. The molecule has 0 saturated carbocycles. The quantitative estimate of drug-likeness (QED) is 0.682. The third-order valence-electron chi connectivity index (χ3n) is 4.41. The van der Waals surface area contributed by atoms with Crippen molar-refractivity contribution in [3.8, 4) is 0 Å². The van der Waals surface area contributed by atoms with E-state index in [0.717, 1.165) is 64.1 Å². The number of nitrogens with zero attached hydrogens (tertiary/aromatic N) is 4. The van der Waals surface area contributed by atoms with Gasteiger partial charge in [-0.2, -0.15) is 0 Å². The van der Waals surface area contributed by atoms with Crippen LogP contribution in [0.4, 0.5) is 0 Å². The number of amides is 1. The fourth-order valence-corrected chi connectivity index (χ4v) is 3.02. The van der Waals surface area contributed by atoms with Gasteiger partial charge in [0, 0.05) is 25.3 Å². The van der Waals surface area contributed by atoms with E-state index in [9.17, 15) is 4.79 Å². The third kappa shape index (κ3) is 5.39. The zero-order valence-electron chi connectivity index (χ0n) is 13.8. The van der Waals surface area contributed by atoms with Gasteiger partial charge < -0.3 is 14.7 Å². The molecular formula is C17H28N4O. The second-order valence-electron chi connectivity index (χ2n) is 6.29. The molecule has 0 aromatic carbocycles. The second-order valence-corrected chi connectivity index (χ2v) is 6.29. The minimum atomic E-state index is 0.426. The SMILES string of the molecule is CN1CCC(N(C=O)CCCN(C)Cc2ccccn2)CC1.